The van der Waals surface area contributed by atoms with Crippen molar-refractivity contribution in [3.8, 4) is 0 Å². The molecule has 1 N–H and O–H groups in total. The highest BCUT2D eigenvalue weighted by atomic mass is 16.3. The zero-order valence-corrected chi connectivity index (χ0v) is 11.7. The standard InChI is InChI=1S/C17H21NO2/c19-17(15-6-2-1-3-7-15)10-12-18(14-17)11-4-8-16-9-5-13-20-16/h1-3,5-7,9,13,19H,4,8,10-12,14H2/t17-/m0/s1. The van der Waals surface area contributed by atoms with Crippen molar-refractivity contribution < 1.29 is 9.52 Å². The Hall–Kier alpha value is -1.58. The van der Waals surface area contributed by atoms with Crippen molar-refractivity contribution >= 4 is 0 Å². The summed E-state index contributed by atoms with van der Waals surface area (Å²) >= 11 is 0. The molecule has 3 nitrogen and oxygen atoms in total. The fourth-order valence-electron chi connectivity index (χ4n) is 2.98. The van der Waals surface area contributed by atoms with E-state index in [-0.39, 0.29) is 0 Å². The van der Waals surface area contributed by atoms with Crippen molar-refractivity contribution in [2.45, 2.75) is 24.9 Å². The molecule has 1 aliphatic rings. The van der Waals surface area contributed by atoms with Crippen molar-refractivity contribution in [2.24, 2.45) is 0 Å². The van der Waals surface area contributed by atoms with Gasteiger partial charge in [-0.1, -0.05) is 30.3 Å². The second kappa shape index (κ2) is 5.81. The quantitative estimate of drug-likeness (QED) is 0.908. The van der Waals surface area contributed by atoms with Crippen LogP contribution in [0.15, 0.2) is 53.1 Å². The molecule has 0 saturated carbocycles. The van der Waals surface area contributed by atoms with Crippen molar-refractivity contribution in [1.29, 1.82) is 0 Å². The van der Waals surface area contributed by atoms with Gasteiger partial charge in [-0.25, -0.2) is 0 Å². The van der Waals surface area contributed by atoms with Crippen LogP contribution in [0.1, 0.15) is 24.2 Å². The molecular formula is C17H21NO2. The number of nitrogens with zero attached hydrogens (tertiary/aromatic N) is 1. The number of likely N-dealkylation sites (tertiary alicyclic amines) is 1. The van der Waals surface area contributed by atoms with Gasteiger partial charge in [0.05, 0.1) is 6.26 Å². The molecule has 106 valence electrons. The predicted molar refractivity (Wildman–Crippen MR) is 78.4 cm³/mol. The molecular weight excluding hydrogens is 250 g/mol. The third kappa shape index (κ3) is 2.94. The van der Waals surface area contributed by atoms with Crippen molar-refractivity contribution in [1.82, 2.24) is 4.90 Å². The summed E-state index contributed by atoms with van der Waals surface area (Å²) in [7, 11) is 0. The molecule has 1 aromatic carbocycles. The molecule has 0 radical (unpaired) electrons. The fourth-order valence-corrected chi connectivity index (χ4v) is 2.98. The number of aryl methyl sites for hydroxylation is 1. The molecule has 20 heavy (non-hydrogen) atoms. The third-order valence-corrected chi connectivity index (χ3v) is 4.12. The Kier molecular flexibility index (Phi) is 3.90. The summed E-state index contributed by atoms with van der Waals surface area (Å²) in [4.78, 5) is 2.34. The van der Waals surface area contributed by atoms with Gasteiger partial charge in [0.25, 0.3) is 0 Å². The predicted octanol–water partition coefficient (Wildman–Crippen LogP) is 2.81. The molecule has 2 aromatic rings. The molecule has 1 atom stereocenters. The van der Waals surface area contributed by atoms with Crippen LogP contribution in [-0.2, 0) is 12.0 Å². The summed E-state index contributed by atoms with van der Waals surface area (Å²) in [6.07, 6.45) is 4.57. The van der Waals surface area contributed by atoms with Crippen LogP contribution in [0.3, 0.4) is 0 Å². The Morgan fingerprint density at radius 1 is 1.15 bits per heavy atom. The summed E-state index contributed by atoms with van der Waals surface area (Å²) in [5.74, 6) is 1.04. The first-order valence-electron chi connectivity index (χ1n) is 7.29. The van der Waals surface area contributed by atoms with Gasteiger partial charge in [-0.15, -0.1) is 0 Å². The van der Waals surface area contributed by atoms with Crippen molar-refractivity contribution in [3.05, 3.63) is 60.1 Å². The molecule has 3 rings (SSSR count). The monoisotopic (exact) mass is 271 g/mol. The van der Waals surface area contributed by atoms with Gasteiger partial charge >= 0.3 is 0 Å². The van der Waals surface area contributed by atoms with Gasteiger partial charge in [0.2, 0.25) is 0 Å². The highest BCUT2D eigenvalue weighted by Crippen LogP contribution is 2.31. The van der Waals surface area contributed by atoms with Crippen LogP contribution in [0.5, 0.6) is 0 Å². The van der Waals surface area contributed by atoms with E-state index in [0.717, 1.165) is 50.2 Å². The molecule has 1 saturated heterocycles. The summed E-state index contributed by atoms with van der Waals surface area (Å²) in [5.41, 5.74) is 0.361. The van der Waals surface area contributed by atoms with Crippen LogP contribution in [0.25, 0.3) is 0 Å². The first-order chi connectivity index (χ1) is 9.76. The van der Waals surface area contributed by atoms with E-state index in [0.29, 0.717) is 0 Å². The van der Waals surface area contributed by atoms with E-state index in [4.69, 9.17) is 4.42 Å². The number of furan rings is 1. The molecule has 3 heteroatoms. The Balaban J connectivity index is 1.52. The van der Waals surface area contributed by atoms with Crippen LogP contribution < -0.4 is 0 Å². The summed E-state index contributed by atoms with van der Waals surface area (Å²) in [5, 5.41) is 10.8. The smallest absolute Gasteiger partial charge is 0.103 e. The minimum atomic E-state index is -0.675. The van der Waals surface area contributed by atoms with Gasteiger partial charge in [-0.05, 0) is 37.1 Å². The van der Waals surface area contributed by atoms with Crippen LogP contribution in [0.2, 0.25) is 0 Å². The lowest BCUT2D eigenvalue weighted by Crippen LogP contribution is -2.31. The molecule has 1 aliphatic heterocycles. The Morgan fingerprint density at radius 3 is 2.75 bits per heavy atom. The van der Waals surface area contributed by atoms with E-state index >= 15 is 0 Å². The largest absolute Gasteiger partial charge is 0.469 e. The lowest BCUT2D eigenvalue weighted by molar-refractivity contribution is 0.0460. The minimum Gasteiger partial charge on any atom is -0.469 e. The summed E-state index contributed by atoms with van der Waals surface area (Å²) in [6.45, 7) is 2.70. The fraction of sp³-hybridized carbons (Fsp3) is 0.412. The van der Waals surface area contributed by atoms with E-state index in [1.54, 1.807) is 6.26 Å². The topological polar surface area (TPSA) is 36.6 Å². The van der Waals surface area contributed by atoms with E-state index < -0.39 is 5.60 Å². The average Bonchev–Trinajstić information content (AvgIpc) is 3.11. The van der Waals surface area contributed by atoms with Gasteiger partial charge in [0.15, 0.2) is 0 Å². The number of hydrogen-bond donors (Lipinski definition) is 1. The van der Waals surface area contributed by atoms with Crippen LogP contribution in [-0.4, -0.2) is 29.6 Å². The van der Waals surface area contributed by atoms with Crippen LogP contribution >= 0.6 is 0 Å². The number of hydrogen-bond acceptors (Lipinski definition) is 3. The van der Waals surface area contributed by atoms with Gasteiger partial charge in [-0.3, -0.25) is 4.90 Å². The van der Waals surface area contributed by atoms with E-state index in [2.05, 4.69) is 4.90 Å². The van der Waals surface area contributed by atoms with Crippen molar-refractivity contribution in [3.63, 3.8) is 0 Å². The summed E-state index contributed by atoms with van der Waals surface area (Å²) in [6, 6.07) is 14.0. The van der Waals surface area contributed by atoms with Crippen LogP contribution in [0, 0.1) is 0 Å². The SMILES string of the molecule is O[C@@]1(c2ccccc2)CCN(CCCc2ccco2)C1. The number of aliphatic hydroxyl groups is 1. The normalized spacial score (nSPS) is 23.2. The second-order valence-electron chi connectivity index (χ2n) is 5.61. The lowest BCUT2D eigenvalue weighted by Gasteiger charge is -2.24. The first kappa shape index (κ1) is 13.4. The number of rotatable bonds is 5. The average molecular weight is 271 g/mol. The summed E-state index contributed by atoms with van der Waals surface area (Å²) < 4.78 is 5.34. The molecule has 0 amide bonds. The van der Waals surface area contributed by atoms with E-state index in [1.807, 2.05) is 42.5 Å². The van der Waals surface area contributed by atoms with E-state index in [1.165, 1.54) is 0 Å². The van der Waals surface area contributed by atoms with Crippen LogP contribution in [0.4, 0.5) is 0 Å². The number of benzene rings is 1. The van der Waals surface area contributed by atoms with E-state index in [9.17, 15) is 5.11 Å². The van der Waals surface area contributed by atoms with Crippen molar-refractivity contribution in [2.75, 3.05) is 19.6 Å². The maximum absolute atomic E-state index is 10.8. The molecule has 0 spiro atoms. The molecule has 0 aliphatic carbocycles. The maximum Gasteiger partial charge on any atom is 0.103 e. The Labute approximate surface area is 119 Å². The van der Waals surface area contributed by atoms with Gasteiger partial charge in [-0.2, -0.15) is 0 Å². The number of β-amino-alcohol motifs (C(OH)–C–C–N with tert-alkyl or cyclic N) is 1. The Bertz CT molecular complexity index is 523. The molecule has 2 heterocycles. The lowest BCUT2D eigenvalue weighted by atomic mass is 9.93. The highest BCUT2D eigenvalue weighted by molar-refractivity contribution is 5.24. The molecule has 0 unspecified atom stereocenters. The second-order valence-corrected chi connectivity index (χ2v) is 5.61. The van der Waals surface area contributed by atoms with Gasteiger partial charge < -0.3 is 9.52 Å². The Morgan fingerprint density at radius 2 is 2.00 bits per heavy atom. The highest BCUT2D eigenvalue weighted by Gasteiger charge is 2.36. The maximum atomic E-state index is 10.8. The molecule has 1 fully saturated rings. The van der Waals surface area contributed by atoms with Gasteiger partial charge in [0, 0.05) is 19.5 Å². The first-order valence-corrected chi connectivity index (χ1v) is 7.29. The third-order valence-electron chi connectivity index (χ3n) is 4.12. The minimum absolute atomic E-state index is 0.675. The molecule has 1 aromatic heterocycles. The zero-order valence-electron chi connectivity index (χ0n) is 11.7. The molecule has 0 bridgehead atoms. The zero-order chi connectivity index (χ0) is 13.8. The van der Waals surface area contributed by atoms with Gasteiger partial charge in [0.1, 0.15) is 11.4 Å².